The highest BCUT2D eigenvalue weighted by molar-refractivity contribution is 7.92. The maximum absolute atomic E-state index is 12.6. The number of hydrogen-bond donors (Lipinski definition) is 0. The zero-order valence-corrected chi connectivity index (χ0v) is 11.2. The Morgan fingerprint density at radius 2 is 1.85 bits per heavy atom. The van der Waals surface area contributed by atoms with Crippen molar-refractivity contribution in [3.05, 3.63) is 54.5 Å². The second kappa shape index (κ2) is 4.79. The Kier molecular flexibility index (Phi) is 3.10. The van der Waals surface area contributed by atoms with Crippen molar-refractivity contribution in [1.29, 1.82) is 0 Å². The molecule has 0 N–H and O–H groups in total. The highest BCUT2D eigenvalue weighted by atomic mass is 32.2. The third-order valence-electron chi connectivity index (χ3n) is 3.31. The fraction of sp³-hybridized carbons (Fsp3) is 0.214. The van der Waals surface area contributed by atoms with Gasteiger partial charge in [0.25, 0.3) is 0 Å². The summed E-state index contributed by atoms with van der Waals surface area (Å²) in [5.41, 5.74) is 0.556. The zero-order chi connectivity index (χ0) is 14.2. The zero-order valence-electron chi connectivity index (χ0n) is 10.4. The molecule has 0 spiro atoms. The molecule has 0 saturated carbocycles. The smallest absolute Gasteiger partial charge is 0.307 e. The lowest BCUT2D eigenvalue weighted by atomic mass is 10.1. The Balaban J connectivity index is 2.02. The molecule has 5 nitrogen and oxygen atoms in total. The first-order chi connectivity index (χ1) is 9.59. The lowest BCUT2D eigenvalue weighted by Crippen LogP contribution is -2.24. The molecule has 1 saturated heterocycles. The molecule has 20 heavy (non-hydrogen) atoms. The molecular weight excluding hydrogens is 280 g/mol. The van der Waals surface area contributed by atoms with Crippen molar-refractivity contribution in [3.63, 3.8) is 0 Å². The molecule has 6 heteroatoms. The molecule has 1 fully saturated rings. The second-order valence-corrected chi connectivity index (χ2v) is 6.73. The number of carbonyl (C=O) groups is 1. The van der Waals surface area contributed by atoms with Gasteiger partial charge in [0, 0.05) is 5.56 Å². The van der Waals surface area contributed by atoms with E-state index in [0.29, 0.717) is 5.56 Å². The van der Waals surface area contributed by atoms with E-state index in [1.165, 1.54) is 24.7 Å². The van der Waals surface area contributed by atoms with Gasteiger partial charge >= 0.3 is 5.97 Å². The second-order valence-electron chi connectivity index (χ2n) is 4.57. The molecular formula is C14H12O5S. The van der Waals surface area contributed by atoms with Gasteiger partial charge in [-0.2, -0.15) is 0 Å². The third kappa shape index (κ3) is 2.12. The third-order valence-corrected chi connectivity index (χ3v) is 5.45. The molecule has 2 aromatic rings. The van der Waals surface area contributed by atoms with E-state index in [0.717, 1.165) is 0 Å². The standard InChI is InChI=1S/C14H12O5S/c15-13-8-12(14(19-13)10-6-7-18-9-10)20(16,17)11-4-2-1-3-5-11/h1-7,9,12,14H,8H2/t12-,14+/m0/s1. The number of esters is 1. The van der Waals surface area contributed by atoms with Crippen LogP contribution in [0.25, 0.3) is 0 Å². The summed E-state index contributed by atoms with van der Waals surface area (Å²) in [7, 11) is -3.63. The van der Waals surface area contributed by atoms with Gasteiger partial charge in [-0.1, -0.05) is 18.2 Å². The van der Waals surface area contributed by atoms with Gasteiger partial charge in [0.15, 0.2) is 9.84 Å². The summed E-state index contributed by atoms with van der Waals surface area (Å²) < 4.78 is 35.3. The Morgan fingerprint density at radius 3 is 2.50 bits per heavy atom. The van der Waals surface area contributed by atoms with Crippen LogP contribution in [-0.4, -0.2) is 19.6 Å². The van der Waals surface area contributed by atoms with Gasteiger partial charge in [-0.05, 0) is 18.2 Å². The molecule has 0 unspecified atom stereocenters. The summed E-state index contributed by atoms with van der Waals surface area (Å²) in [4.78, 5) is 11.7. The van der Waals surface area contributed by atoms with Crippen molar-refractivity contribution in [2.45, 2.75) is 22.7 Å². The van der Waals surface area contributed by atoms with Gasteiger partial charge in [-0.25, -0.2) is 8.42 Å². The molecule has 1 aromatic heterocycles. The van der Waals surface area contributed by atoms with Crippen LogP contribution in [0.15, 0.2) is 58.2 Å². The molecule has 1 aromatic carbocycles. The summed E-state index contributed by atoms with van der Waals surface area (Å²) in [6, 6.07) is 9.68. The van der Waals surface area contributed by atoms with Gasteiger partial charge in [-0.15, -0.1) is 0 Å². The summed E-state index contributed by atoms with van der Waals surface area (Å²) >= 11 is 0. The predicted octanol–water partition coefficient (Wildman–Crippen LogP) is 2.11. The fourth-order valence-electron chi connectivity index (χ4n) is 2.31. The fourth-order valence-corrected chi connectivity index (χ4v) is 4.09. The maximum atomic E-state index is 12.6. The Morgan fingerprint density at radius 1 is 1.10 bits per heavy atom. The number of carbonyl (C=O) groups excluding carboxylic acids is 1. The van der Waals surface area contributed by atoms with Crippen LogP contribution in [0, 0.1) is 0 Å². The van der Waals surface area contributed by atoms with Gasteiger partial charge < -0.3 is 9.15 Å². The monoisotopic (exact) mass is 292 g/mol. The van der Waals surface area contributed by atoms with Crippen LogP contribution in [0.2, 0.25) is 0 Å². The predicted molar refractivity (Wildman–Crippen MR) is 69.6 cm³/mol. The lowest BCUT2D eigenvalue weighted by molar-refractivity contribution is -0.141. The molecule has 0 radical (unpaired) electrons. The number of cyclic esters (lactones) is 1. The van der Waals surface area contributed by atoms with Gasteiger partial charge in [-0.3, -0.25) is 4.79 Å². The highest BCUT2D eigenvalue weighted by Crippen LogP contribution is 2.37. The van der Waals surface area contributed by atoms with Gasteiger partial charge in [0.1, 0.15) is 11.4 Å². The van der Waals surface area contributed by atoms with E-state index in [1.807, 2.05) is 0 Å². The SMILES string of the molecule is O=C1C[C@H](S(=O)(=O)c2ccccc2)[C@@H](c2ccoc2)O1. The Hall–Kier alpha value is -2.08. The van der Waals surface area contributed by atoms with Gasteiger partial charge in [0.2, 0.25) is 0 Å². The first-order valence-corrected chi connectivity index (χ1v) is 7.64. The van der Waals surface area contributed by atoms with Crippen LogP contribution in [0.3, 0.4) is 0 Å². The minimum atomic E-state index is -3.63. The first kappa shape index (κ1) is 12.9. The Bertz CT molecular complexity index is 703. The highest BCUT2D eigenvalue weighted by Gasteiger charge is 2.45. The van der Waals surface area contributed by atoms with Crippen molar-refractivity contribution < 1.29 is 22.4 Å². The molecule has 2 heterocycles. The summed E-state index contributed by atoms with van der Waals surface area (Å²) in [6.07, 6.45) is 1.86. The van der Waals surface area contributed by atoms with Crippen LogP contribution in [0.5, 0.6) is 0 Å². The number of furan rings is 1. The molecule has 1 aliphatic heterocycles. The number of rotatable bonds is 3. The molecule has 3 rings (SSSR count). The minimum Gasteiger partial charge on any atom is -0.472 e. The molecule has 0 bridgehead atoms. The van der Waals surface area contributed by atoms with E-state index < -0.39 is 27.2 Å². The maximum Gasteiger partial charge on any atom is 0.307 e. The van der Waals surface area contributed by atoms with E-state index in [-0.39, 0.29) is 11.3 Å². The largest absolute Gasteiger partial charge is 0.472 e. The van der Waals surface area contributed by atoms with E-state index in [9.17, 15) is 13.2 Å². The molecule has 1 aliphatic rings. The number of benzene rings is 1. The average Bonchev–Trinajstić information content (AvgIpc) is 3.08. The minimum absolute atomic E-state index is 0.146. The molecule has 104 valence electrons. The van der Waals surface area contributed by atoms with Crippen molar-refractivity contribution in [2.24, 2.45) is 0 Å². The number of hydrogen-bond acceptors (Lipinski definition) is 5. The Labute approximate surface area is 116 Å². The van der Waals surface area contributed by atoms with E-state index in [2.05, 4.69) is 0 Å². The van der Waals surface area contributed by atoms with Crippen LogP contribution in [0.1, 0.15) is 18.1 Å². The normalized spacial score (nSPS) is 22.7. The van der Waals surface area contributed by atoms with Crippen LogP contribution in [0.4, 0.5) is 0 Å². The number of ether oxygens (including phenoxy) is 1. The lowest BCUT2D eigenvalue weighted by Gasteiger charge is -2.16. The topological polar surface area (TPSA) is 73.6 Å². The summed E-state index contributed by atoms with van der Waals surface area (Å²) in [5.74, 6) is -0.513. The summed E-state index contributed by atoms with van der Waals surface area (Å²) in [6.45, 7) is 0. The van der Waals surface area contributed by atoms with Crippen molar-refractivity contribution >= 4 is 15.8 Å². The average molecular weight is 292 g/mol. The van der Waals surface area contributed by atoms with E-state index in [4.69, 9.17) is 9.15 Å². The summed E-state index contributed by atoms with van der Waals surface area (Å²) in [5, 5.41) is -0.921. The number of sulfone groups is 1. The van der Waals surface area contributed by atoms with Crippen molar-refractivity contribution in [1.82, 2.24) is 0 Å². The van der Waals surface area contributed by atoms with Crippen LogP contribution >= 0.6 is 0 Å². The van der Waals surface area contributed by atoms with Crippen LogP contribution < -0.4 is 0 Å². The molecule has 2 atom stereocenters. The molecule has 0 aliphatic carbocycles. The molecule has 0 amide bonds. The van der Waals surface area contributed by atoms with Crippen molar-refractivity contribution in [3.8, 4) is 0 Å². The quantitative estimate of drug-likeness (QED) is 0.810. The van der Waals surface area contributed by atoms with Crippen molar-refractivity contribution in [2.75, 3.05) is 0 Å². The van der Waals surface area contributed by atoms with Crippen LogP contribution in [-0.2, 0) is 19.4 Å². The van der Waals surface area contributed by atoms with Gasteiger partial charge in [0.05, 0.1) is 23.8 Å². The van der Waals surface area contributed by atoms with E-state index >= 15 is 0 Å². The first-order valence-electron chi connectivity index (χ1n) is 6.09. The van der Waals surface area contributed by atoms with E-state index in [1.54, 1.807) is 24.3 Å².